The number of nitrogens with zero attached hydrogens (tertiary/aromatic N) is 4. The van der Waals surface area contributed by atoms with Gasteiger partial charge in [0.05, 0.1) is 12.2 Å². The van der Waals surface area contributed by atoms with E-state index in [1.165, 1.54) is 0 Å². The van der Waals surface area contributed by atoms with Crippen molar-refractivity contribution >= 4 is 11.7 Å². The molecule has 0 atom stereocenters. The highest BCUT2D eigenvalue weighted by Gasteiger charge is 2.25. The van der Waals surface area contributed by atoms with Gasteiger partial charge < -0.3 is 15.3 Å². The van der Waals surface area contributed by atoms with Crippen LogP contribution in [-0.4, -0.2) is 50.6 Å². The molecule has 138 valence electrons. The van der Waals surface area contributed by atoms with Gasteiger partial charge >= 0.3 is 0 Å². The first-order valence-electron chi connectivity index (χ1n) is 8.81. The average molecular weight is 355 g/mol. The van der Waals surface area contributed by atoms with Gasteiger partial charge in [-0.15, -0.1) is 0 Å². The summed E-state index contributed by atoms with van der Waals surface area (Å²) in [5, 5.41) is 12.9. The highest BCUT2D eigenvalue weighted by molar-refractivity contribution is 5.74. The van der Waals surface area contributed by atoms with Crippen molar-refractivity contribution in [2.75, 3.05) is 25.0 Å². The van der Waals surface area contributed by atoms with Gasteiger partial charge in [-0.25, -0.2) is 9.97 Å². The lowest BCUT2D eigenvalue weighted by atomic mass is 9.95. The van der Waals surface area contributed by atoms with E-state index in [2.05, 4.69) is 15.3 Å². The van der Waals surface area contributed by atoms with Gasteiger partial charge in [-0.2, -0.15) is 0 Å². The molecule has 3 rings (SSSR count). The first kappa shape index (κ1) is 18.3. The molecule has 0 spiro atoms. The summed E-state index contributed by atoms with van der Waals surface area (Å²) in [6, 6.07) is 5.62. The first-order chi connectivity index (χ1) is 12.4. The molecule has 0 unspecified atom stereocenters. The zero-order valence-corrected chi connectivity index (χ0v) is 15.5. The fraction of sp³-hybridized carbons (Fsp3) is 0.474. The maximum Gasteiger partial charge on any atom is 0.219 e. The van der Waals surface area contributed by atoms with Gasteiger partial charge in [-0.1, -0.05) is 19.9 Å². The van der Waals surface area contributed by atoms with Gasteiger partial charge in [0.15, 0.2) is 5.82 Å². The van der Waals surface area contributed by atoms with E-state index in [0.29, 0.717) is 37.6 Å². The summed E-state index contributed by atoms with van der Waals surface area (Å²) >= 11 is 0. The molecule has 0 radical (unpaired) electrons. The third-order valence-electron chi connectivity index (χ3n) is 4.57. The minimum Gasteiger partial charge on any atom is -0.396 e. The Balaban J connectivity index is 1.99. The van der Waals surface area contributed by atoms with Crippen LogP contribution in [0.4, 0.5) is 5.82 Å². The molecule has 0 bridgehead atoms. The zero-order chi connectivity index (χ0) is 18.7. The van der Waals surface area contributed by atoms with Crippen molar-refractivity contribution in [2.24, 2.45) is 5.41 Å². The van der Waals surface area contributed by atoms with Gasteiger partial charge in [0.2, 0.25) is 5.91 Å². The quantitative estimate of drug-likeness (QED) is 0.851. The van der Waals surface area contributed by atoms with Crippen molar-refractivity contribution in [1.29, 1.82) is 0 Å². The number of nitrogens with one attached hydrogen (secondary N) is 1. The Hall–Kier alpha value is -2.54. The zero-order valence-electron chi connectivity index (χ0n) is 15.5. The van der Waals surface area contributed by atoms with E-state index in [9.17, 15) is 9.90 Å². The molecule has 0 fully saturated rings. The van der Waals surface area contributed by atoms with Crippen molar-refractivity contribution in [2.45, 2.75) is 33.7 Å². The molecule has 2 aromatic heterocycles. The summed E-state index contributed by atoms with van der Waals surface area (Å²) in [4.78, 5) is 27.3. The van der Waals surface area contributed by atoms with Crippen LogP contribution in [0.2, 0.25) is 0 Å². The molecule has 2 N–H and O–H groups in total. The molecule has 0 aromatic carbocycles. The smallest absolute Gasteiger partial charge is 0.219 e. The van der Waals surface area contributed by atoms with Crippen molar-refractivity contribution in [3.8, 4) is 11.5 Å². The van der Waals surface area contributed by atoms with Crippen LogP contribution in [-0.2, 0) is 17.8 Å². The van der Waals surface area contributed by atoms with Crippen molar-refractivity contribution in [1.82, 2.24) is 19.9 Å². The second kappa shape index (κ2) is 7.37. The number of carbonyl (C=O) groups excluding carboxylic acids is 1. The van der Waals surface area contributed by atoms with Gasteiger partial charge in [-0.3, -0.25) is 9.78 Å². The second-order valence-electron chi connectivity index (χ2n) is 7.40. The van der Waals surface area contributed by atoms with Gasteiger partial charge in [0.25, 0.3) is 0 Å². The van der Waals surface area contributed by atoms with Crippen LogP contribution in [0, 0.1) is 5.41 Å². The molecule has 26 heavy (non-hydrogen) atoms. The summed E-state index contributed by atoms with van der Waals surface area (Å²) in [5.74, 6) is 1.35. The van der Waals surface area contributed by atoms with Gasteiger partial charge in [0, 0.05) is 43.8 Å². The number of amides is 1. The Bertz CT molecular complexity index is 792. The van der Waals surface area contributed by atoms with E-state index >= 15 is 0 Å². The van der Waals surface area contributed by atoms with Crippen LogP contribution in [0.1, 0.15) is 32.0 Å². The molecule has 2 aromatic rings. The second-order valence-corrected chi connectivity index (χ2v) is 7.40. The van der Waals surface area contributed by atoms with E-state index in [0.717, 1.165) is 17.1 Å². The standard InChI is InChI=1S/C19H25N5O2/c1-13(26)24-9-7-14-16(10-24)22-18(15-6-4-5-8-20-15)23-17(14)21-11-19(2,3)12-25/h4-6,8,25H,7,9-12H2,1-3H3,(H,21,22,23). The number of aliphatic hydroxyl groups is 1. The van der Waals surface area contributed by atoms with E-state index in [-0.39, 0.29) is 17.9 Å². The maximum atomic E-state index is 11.8. The Morgan fingerprint density at radius 3 is 2.81 bits per heavy atom. The molecule has 0 aliphatic carbocycles. The fourth-order valence-corrected chi connectivity index (χ4v) is 2.83. The van der Waals surface area contributed by atoms with Crippen molar-refractivity contribution in [3.63, 3.8) is 0 Å². The molecule has 7 heteroatoms. The van der Waals surface area contributed by atoms with Crippen LogP contribution in [0.15, 0.2) is 24.4 Å². The van der Waals surface area contributed by atoms with E-state index in [1.807, 2.05) is 32.0 Å². The number of aliphatic hydroxyl groups excluding tert-OH is 1. The molecule has 1 aliphatic heterocycles. The minimum absolute atomic E-state index is 0.0459. The van der Waals surface area contributed by atoms with E-state index in [1.54, 1.807) is 18.0 Å². The molecule has 3 heterocycles. The molecule has 7 nitrogen and oxygen atoms in total. The number of rotatable bonds is 5. The summed E-state index contributed by atoms with van der Waals surface area (Å²) in [7, 11) is 0. The lowest BCUT2D eigenvalue weighted by Gasteiger charge is -2.30. The van der Waals surface area contributed by atoms with Crippen molar-refractivity contribution < 1.29 is 9.90 Å². The largest absolute Gasteiger partial charge is 0.396 e. The minimum atomic E-state index is -0.261. The monoisotopic (exact) mass is 355 g/mol. The third-order valence-corrected chi connectivity index (χ3v) is 4.57. The Kier molecular flexibility index (Phi) is 5.18. The summed E-state index contributed by atoms with van der Waals surface area (Å²) in [5.41, 5.74) is 2.32. The molecule has 1 aliphatic rings. The molecular weight excluding hydrogens is 330 g/mol. The van der Waals surface area contributed by atoms with Crippen LogP contribution in [0.25, 0.3) is 11.5 Å². The third kappa shape index (κ3) is 3.99. The highest BCUT2D eigenvalue weighted by atomic mass is 16.3. The maximum absolute atomic E-state index is 11.8. The van der Waals surface area contributed by atoms with Crippen LogP contribution >= 0.6 is 0 Å². The lowest BCUT2D eigenvalue weighted by Crippen LogP contribution is -2.36. The number of pyridine rings is 1. The van der Waals surface area contributed by atoms with Gasteiger partial charge in [-0.05, 0) is 18.6 Å². The number of fused-ring (bicyclic) bond motifs is 1. The van der Waals surface area contributed by atoms with E-state index in [4.69, 9.17) is 4.98 Å². The number of hydrogen-bond donors (Lipinski definition) is 2. The Morgan fingerprint density at radius 2 is 2.15 bits per heavy atom. The molecule has 1 amide bonds. The van der Waals surface area contributed by atoms with Crippen LogP contribution < -0.4 is 5.32 Å². The average Bonchev–Trinajstić information content (AvgIpc) is 2.66. The predicted octanol–water partition coefficient (Wildman–Crippen LogP) is 1.87. The van der Waals surface area contributed by atoms with Crippen LogP contribution in [0.5, 0.6) is 0 Å². The first-order valence-corrected chi connectivity index (χ1v) is 8.81. The summed E-state index contributed by atoms with van der Waals surface area (Å²) < 4.78 is 0. The van der Waals surface area contributed by atoms with E-state index < -0.39 is 0 Å². The Labute approximate surface area is 153 Å². The lowest BCUT2D eigenvalue weighted by molar-refractivity contribution is -0.129. The van der Waals surface area contributed by atoms with Gasteiger partial charge in [0.1, 0.15) is 11.5 Å². The molecular formula is C19H25N5O2. The molecule has 0 saturated heterocycles. The topological polar surface area (TPSA) is 91.2 Å². The number of anilines is 1. The normalized spacial score (nSPS) is 14.1. The summed E-state index contributed by atoms with van der Waals surface area (Å²) in [6.07, 6.45) is 2.42. The number of aromatic nitrogens is 3. The SMILES string of the molecule is CC(=O)N1CCc2c(nc(-c3ccccn3)nc2NCC(C)(C)CO)C1. The summed E-state index contributed by atoms with van der Waals surface area (Å²) in [6.45, 7) is 7.37. The predicted molar refractivity (Wildman–Crippen MR) is 99.4 cm³/mol. The number of hydrogen-bond acceptors (Lipinski definition) is 6. The molecule has 0 saturated carbocycles. The number of carbonyl (C=O) groups is 1. The fourth-order valence-electron chi connectivity index (χ4n) is 2.83. The van der Waals surface area contributed by atoms with Crippen LogP contribution in [0.3, 0.4) is 0 Å². The Morgan fingerprint density at radius 1 is 1.35 bits per heavy atom. The van der Waals surface area contributed by atoms with Crippen molar-refractivity contribution in [3.05, 3.63) is 35.7 Å². The highest BCUT2D eigenvalue weighted by Crippen LogP contribution is 2.27.